The van der Waals surface area contributed by atoms with Crippen LogP contribution >= 0.6 is 0 Å². The predicted octanol–water partition coefficient (Wildman–Crippen LogP) is -1.08. The topological polar surface area (TPSA) is 115 Å². The van der Waals surface area contributed by atoms with Crippen molar-refractivity contribution in [3.63, 3.8) is 0 Å². The Labute approximate surface area is 94.7 Å². The Hall–Kier alpha value is -1.43. The van der Waals surface area contributed by atoms with E-state index in [9.17, 15) is 14.4 Å². The summed E-state index contributed by atoms with van der Waals surface area (Å²) in [5.41, 5.74) is 10.6. The van der Waals surface area contributed by atoms with Crippen LogP contribution in [0, 0.1) is 5.92 Å². The van der Waals surface area contributed by atoms with E-state index in [2.05, 4.69) is 5.32 Å². The third-order valence-electron chi connectivity index (χ3n) is 2.05. The molecule has 0 aliphatic heterocycles. The number of hydrogen-bond acceptors (Lipinski definition) is 4. The maximum Gasteiger partial charge on any atom is 0.240 e. The van der Waals surface area contributed by atoms with Crippen LogP contribution in [-0.4, -0.2) is 30.2 Å². The molecule has 0 aliphatic rings. The average molecular weight is 229 g/mol. The molecule has 1 unspecified atom stereocenters. The second-order valence-corrected chi connectivity index (χ2v) is 4.10. The highest BCUT2D eigenvalue weighted by molar-refractivity contribution is 5.90. The second-order valence-electron chi connectivity index (χ2n) is 4.10. The van der Waals surface area contributed by atoms with Crippen LogP contribution in [0.5, 0.6) is 0 Å². The molecule has 0 rings (SSSR count). The molecule has 5 N–H and O–H groups in total. The molecular formula is C10H19N3O3. The highest BCUT2D eigenvalue weighted by Crippen LogP contribution is 2.03. The van der Waals surface area contributed by atoms with Gasteiger partial charge in [0.25, 0.3) is 0 Å². The van der Waals surface area contributed by atoms with Crippen LogP contribution in [0.2, 0.25) is 0 Å². The van der Waals surface area contributed by atoms with Crippen molar-refractivity contribution < 1.29 is 14.4 Å². The van der Waals surface area contributed by atoms with Crippen molar-refractivity contribution >= 4 is 18.1 Å². The molecule has 0 aliphatic carbocycles. The smallest absolute Gasteiger partial charge is 0.240 e. The fourth-order valence-corrected chi connectivity index (χ4v) is 1.24. The first-order chi connectivity index (χ1) is 7.38. The summed E-state index contributed by atoms with van der Waals surface area (Å²) in [6.07, 6.45) is 0.914. The largest absolute Gasteiger partial charge is 0.368 e. The summed E-state index contributed by atoms with van der Waals surface area (Å²) in [5, 5.41) is 2.35. The molecular weight excluding hydrogens is 210 g/mol. The summed E-state index contributed by atoms with van der Waals surface area (Å²) in [6.45, 7) is 3.87. The number of nitrogens with one attached hydrogen (secondary N) is 1. The number of carbonyl (C=O) groups excluding carboxylic acids is 3. The molecule has 0 fully saturated rings. The Kier molecular flexibility index (Phi) is 6.32. The van der Waals surface area contributed by atoms with Crippen molar-refractivity contribution in [1.29, 1.82) is 0 Å². The Morgan fingerprint density at radius 3 is 2.31 bits per heavy atom. The molecule has 0 aromatic heterocycles. The van der Waals surface area contributed by atoms with Gasteiger partial charge in [-0.2, -0.15) is 0 Å². The van der Waals surface area contributed by atoms with Crippen LogP contribution in [-0.2, 0) is 14.4 Å². The van der Waals surface area contributed by atoms with Crippen molar-refractivity contribution in [3.8, 4) is 0 Å². The second kappa shape index (κ2) is 6.95. The molecule has 0 saturated heterocycles. The van der Waals surface area contributed by atoms with Crippen molar-refractivity contribution in [2.75, 3.05) is 0 Å². The Morgan fingerprint density at radius 2 is 1.94 bits per heavy atom. The van der Waals surface area contributed by atoms with Crippen LogP contribution in [0.1, 0.15) is 26.7 Å². The van der Waals surface area contributed by atoms with Gasteiger partial charge in [0.15, 0.2) is 0 Å². The summed E-state index contributed by atoms with van der Waals surface area (Å²) in [7, 11) is 0. The van der Waals surface area contributed by atoms with Gasteiger partial charge < -0.3 is 21.6 Å². The van der Waals surface area contributed by atoms with Gasteiger partial charge in [0.2, 0.25) is 11.8 Å². The molecule has 6 heteroatoms. The van der Waals surface area contributed by atoms with E-state index in [0.29, 0.717) is 12.7 Å². The van der Waals surface area contributed by atoms with Crippen molar-refractivity contribution in [2.24, 2.45) is 17.4 Å². The monoisotopic (exact) mass is 229 g/mol. The number of rotatable bonds is 7. The van der Waals surface area contributed by atoms with Gasteiger partial charge in [0, 0.05) is 6.42 Å². The molecule has 0 saturated carbocycles. The molecule has 16 heavy (non-hydrogen) atoms. The van der Waals surface area contributed by atoms with E-state index in [4.69, 9.17) is 11.5 Å². The number of hydrogen-bond donors (Lipinski definition) is 3. The van der Waals surface area contributed by atoms with E-state index in [1.54, 1.807) is 0 Å². The molecule has 0 aromatic carbocycles. The average Bonchev–Trinajstić information content (AvgIpc) is 2.15. The number of nitrogens with two attached hydrogens (primary N) is 2. The predicted molar refractivity (Wildman–Crippen MR) is 59.2 cm³/mol. The number of carbonyl (C=O) groups is 3. The highest BCUT2D eigenvalue weighted by Gasteiger charge is 2.21. The Balaban J connectivity index is 4.28. The molecule has 0 aromatic rings. The lowest BCUT2D eigenvalue weighted by atomic mass is 10.0. The van der Waals surface area contributed by atoms with E-state index >= 15 is 0 Å². The highest BCUT2D eigenvalue weighted by atomic mass is 16.2. The molecule has 2 amide bonds. The third-order valence-corrected chi connectivity index (χ3v) is 2.05. The lowest BCUT2D eigenvalue weighted by molar-refractivity contribution is -0.129. The summed E-state index contributed by atoms with van der Waals surface area (Å²) in [4.78, 5) is 32.6. The Morgan fingerprint density at radius 1 is 1.38 bits per heavy atom. The Bertz CT molecular complexity index is 266. The number of aldehydes is 1. The van der Waals surface area contributed by atoms with E-state index in [0.717, 1.165) is 0 Å². The van der Waals surface area contributed by atoms with Gasteiger partial charge in [0.1, 0.15) is 12.3 Å². The number of amides is 2. The fourth-order valence-electron chi connectivity index (χ4n) is 1.24. The van der Waals surface area contributed by atoms with Gasteiger partial charge in [0.05, 0.1) is 6.04 Å². The van der Waals surface area contributed by atoms with Crippen LogP contribution in [0.4, 0.5) is 0 Å². The van der Waals surface area contributed by atoms with Gasteiger partial charge in [-0.1, -0.05) is 13.8 Å². The molecule has 92 valence electrons. The zero-order chi connectivity index (χ0) is 12.7. The fraction of sp³-hybridized carbons (Fsp3) is 0.700. The molecule has 6 nitrogen and oxygen atoms in total. The first-order valence-corrected chi connectivity index (χ1v) is 5.17. The van der Waals surface area contributed by atoms with Gasteiger partial charge in [-0.05, 0) is 12.3 Å². The van der Waals surface area contributed by atoms with E-state index < -0.39 is 23.9 Å². The summed E-state index contributed by atoms with van der Waals surface area (Å²) in [5.74, 6) is -0.921. The maximum absolute atomic E-state index is 11.5. The minimum Gasteiger partial charge on any atom is -0.368 e. The van der Waals surface area contributed by atoms with E-state index in [-0.39, 0.29) is 12.3 Å². The molecule has 0 radical (unpaired) electrons. The molecule has 0 bridgehead atoms. The lowest BCUT2D eigenvalue weighted by Crippen LogP contribution is -2.50. The van der Waals surface area contributed by atoms with E-state index in [1.807, 2.05) is 13.8 Å². The molecule has 2 atom stereocenters. The zero-order valence-electron chi connectivity index (χ0n) is 9.60. The minimum absolute atomic E-state index is 0.129. The van der Waals surface area contributed by atoms with Gasteiger partial charge in [-0.3, -0.25) is 9.59 Å². The first kappa shape index (κ1) is 14.6. The normalized spacial score (nSPS) is 14.2. The van der Waals surface area contributed by atoms with Crippen LogP contribution in [0.25, 0.3) is 0 Å². The maximum atomic E-state index is 11.5. The van der Waals surface area contributed by atoms with Gasteiger partial charge in [-0.15, -0.1) is 0 Å². The summed E-state index contributed by atoms with van der Waals surface area (Å²) >= 11 is 0. The van der Waals surface area contributed by atoms with Gasteiger partial charge in [-0.25, -0.2) is 0 Å². The van der Waals surface area contributed by atoms with Crippen molar-refractivity contribution in [1.82, 2.24) is 5.32 Å². The molecule has 0 heterocycles. The summed E-state index contributed by atoms with van der Waals surface area (Å²) < 4.78 is 0. The quantitative estimate of drug-likeness (QED) is 0.481. The third kappa shape index (κ3) is 5.45. The van der Waals surface area contributed by atoms with Crippen LogP contribution in [0.15, 0.2) is 0 Å². The van der Waals surface area contributed by atoms with Crippen molar-refractivity contribution in [2.45, 2.75) is 38.8 Å². The molecule has 0 spiro atoms. The lowest BCUT2D eigenvalue weighted by Gasteiger charge is -2.17. The van der Waals surface area contributed by atoms with Crippen LogP contribution in [0.3, 0.4) is 0 Å². The number of primary amides is 1. The standard InChI is InChI=1S/C10H19N3O3/c1-6(2)5-7(11)10(16)13-8(3-4-14)9(12)15/h4,6-8H,3,5,11H2,1-2H3,(H2,12,15)(H,13,16)/t7-,8?/m0/s1. The first-order valence-electron chi connectivity index (χ1n) is 5.17. The van der Waals surface area contributed by atoms with Crippen molar-refractivity contribution in [3.05, 3.63) is 0 Å². The SMILES string of the molecule is CC(C)C[C@H](N)C(=O)NC(CC=O)C(N)=O. The minimum atomic E-state index is -0.969. The summed E-state index contributed by atoms with van der Waals surface area (Å²) in [6, 6.07) is -1.66. The zero-order valence-corrected chi connectivity index (χ0v) is 9.60. The van der Waals surface area contributed by atoms with Gasteiger partial charge >= 0.3 is 0 Å². The van der Waals surface area contributed by atoms with E-state index in [1.165, 1.54) is 0 Å². The van der Waals surface area contributed by atoms with Crippen LogP contribution < -0.4 is 16.8 Å².